The van der Waals surface area contributed by atoms with Crippen molar-refractivity contribution in [2.75, 3.05) is 39.4 Å². The highest BCUT2D eigenvalue weighted by Crippen LogP contribution is 2.33. The molecule has 2 aliphatic heterocycles. The Kier molecular flexibility index (Phi) is 5.76. The first-order valence-corrected chi connectivity index (χ1v) is 11.3. The van der Waals surface area contributed by atoms with Gasteiger partial charge in [0.15, 0.2) is 11.5 Å². The van der Waals surface area contributed by atoms with Crippen LogP contribution in [0.1, 0.15) is 24.9 Å². The van der Waals surface area contributed by atoms with Crippen LogP contribution in [0.2, 0.25) is 0 Å². The summed E-state index contributed by atoms with van der Waals surface area (Å²) >= 11 is 0. The van der Waals surface area contributed by atoms with Gasteiger partial charge in [-0.15, -0.1) is 0 Å². The van der Waals surface area contributed by atoms with E-state index in [0.29, 0.717) is 50.9 Å². The highest BCUT2D eigenvalue weighted by molar-refractivity contribution is 7.89. The molecule has 0 saturated carbocycles. The molecular formula is C21H25FN2O4S. The maximum Gasteiger partial charge on any atom is 0.243 e. The lowest BCUT2D eigenvalue weighted by Crippen LogP contribution is -2.49. The summed E-state index contributed by atoms with van der Waals surface area (Å²) in [6.07, 6.45) is 0.769. The molecule has 0 unspecified atom stereocenters. The van der Waals surface area contributed by atoms with Crippen molar-refractivity contribution in [3.8, 4) is 11.5 Å². The fourth-order valence-corrected chi connectivity index (χ4v) is 5.17. The predicted molar refractivity (Wildman–Crippen MR) is 107 cm³/mol. The zero-order valence-corrected chi connectivity index (χ0v) is 17.2. The molecule has 0 aliphatic carbocycles. The summed E-state index contributed by atoms with van der Waals surface area (Å²) in [6.45, 7) is 5.17. The Labute approximate surface area is 170 Å². The number of benzene rings is 2. The van der Waals surface area contributed by atoms with Gasteiger partial charge in [-0.1, -0.05) is 12.1 Å². The van der Waals surface area contributed by atoms with Crippen molar-refractivity contribution in [1.29, 1.82) is 0 Å². The van der Waals surface area contributed by atoms with E-state index in [0.717, 1.165) is 12.0 Å². The van der Waals surface area contributed by atoms with Gasteiger partial charge in [-0.05, 0) is 36.8 Å². The monoisotopic (exact) mass is 420 g/mol. The Balaban J connectivity index is 1.45. The minimum atomic E-state index is -3.61. The zero-order chi connectivity index (χ0) is 20.4. The minimum Gasteiger partial charge on any atom is -0.490 e. The lowest BCUT2D eigenvalue weighted by Gasteiger charge is -2.37. The molecule has 1 atom stereocenters. The van der Waals surface area contributed by atoms with Crippen LogP contribution in [0.4, 0.5) is 4.39 Å². The van der Waals surface area contributed by atoms with Crippen LogP contribution in [-0.2, 0) is 10.0 Å². The normalized spacial score (nSPS) is 19.5. The largest absolute Gasteiger partial charge is 0.490 e. The number of halogens is 1. The Morgan fingerprint density at radius 1 is 0.931 bits per heavy atom. The molecule has 6 nitrogen and oxygen atoms in total. The standard InChI is InChI=1S/C21H25FN2O4S/c1-16(17-3-5-18(22)6-4-17)23-9-11-24(12-10-23)29(25,26)19-7-8-20-21(15-19)28-14-2-13-27-20/h3-8,15-16H,2,9-14H2,1H3/t16-/m0/s1. The molecule has 0 aromatic heterocycles. The Morgan fingerprint density at radius 2 is 1.59 bits per heavy atom. The summed E-state index contributed by atoms with van der Waals surface area (Å²) in [5.41, 5.74) is 1.02. The van der Waals surface area contributed by atoms with E-state index in [1.165, 1.54) is 16.4 Å². The Morgan fingerprint density at radius 3 is 2.28 bits per heavy atom. The van der Waals surface area contributed by atoms with Gasteiger partial charge in [0, 0.05) is 44.7 Å². The fraction of sp³-hybridized carbons (Fsp3) is 0.429. The zero-order valence-electron chi connectivity index (χ0n) is 16.4. The molecule has 1 saturated heterocycles. The summed E-state index contributed by atoms with van der Waals surface area (Å²) in [5.74, 6) is 0.804. The van der Waals surface area contributed by atoms with Gasteiger partial charge in [0.1, 0.15) is 5.82 Å². The smallest absolute Gasteiger partial charge is 0.243 e. The van der Waals surface area contributed by atoms with Crippen molar-refractivity contribution in [2.24, 2.45) is 0 Å². The van der Waals surface area contributed by atoms with Crippen molar-refractivity contribution in [1.82, 2.24) is 9.21 Å². The van der Waals surface area contributed by atoms with E-state index >= 15 is 0 Å². The average molecular weight is 421 g/mol. The summed E-state index contributed by atoms with van der Waals surface area (Å²) in [7, 11) is -3.61. The van der Waals surface area contributed by atoms with Crippen LogP contribution in [0.3, 0.4) is 0 Å². The molecule has 8 heteroatoms. The quantitative estimate of drug-likeness (QED) is 0.761. The summed E-state index contributed by atoms with van der Waals surface area (Å²) in [4.78, 5) is 2.44. The average Bonchev–Trinajstić information content (AvgIpc) is 2.99. The van der Waals surface area contributed by atoms with Gasteiger partial charge in [-0.25, -0.2) is 12.8 Å². The van der Waals surface area contributed by atoms with Crippen LogP contribution in [0.15, 0.2) is 47.4 Å². The summed E-state index contributed by atoms with van der Waals surface area (Å²) in [6, 6.07) is 11.4. The molecule has 1 fully saturated rings. The number of piperazine rings is 1. The van der Waals surface area contributed by atoms with Crippen molar-refractivity contribution in [3.63, 3.8) is 0 Å². The number of nitrogens with zero attached hydrogens (tertiary/aromatic N) is 2. The van der Waals surface area contributed by atoms with E-state index in [4.69, 9.17) is 9.47 Å². The van der Waals surface area contributed by atoms with Gasteiger partial charge in [0.25, 0.3) is 0 Å². The lowest BCUT2D eigenvalue weighted by molar-refractivity contribution is 0.146. The van der Waals surface area contributed by atoms with Crippen molar-refractivity contribution in [2.45, 2.75) is 24.3 Å². The van der Waals surface area contributed by atoms with Crippen LogP contribution >= 0.6 is 0 Å². The van der Waals surface area contributed by atoms with E-state index in [2.05, 4.69) is 11.8 Å². The van der Waals surface area contributed by atoms with Crippen molar-refractivity contribution >= 4 is 10.0 Å². The van der Waals surface area contributed by atoms with Gasteiger partial charge in [0.2, 0.25) is 10.0 Å². The maximum atomic E-state index is 13.2. The second kappa shape index (κ2) is 8.30. The van der Waals surface area contributed by atoms with E-state index in [1.54, 1.807) is 30.3 Å². The van der Waals surface area contributed by atoms with Crippen LogP contribution in [0, 0.1) is 5.82 Å². The molecular weight excluding hydrogens is 395 g/mol. The predicted octanol–water partition coefficient (Wildman–Crippen LogP) is 3.05. The van der Waals surface area contributed by atoms with Crippen LogP contribution in [0.25, 0.3) is 0 Å². The van der Waals surface area contributed by atoms with Gasteiger partial charge in [-0.2, -0.15) is 4.31 Å². The third-order valence-corrected chi connectivity index (χ3v) is 7.42. The van der Waals surface area contributed by atoms with Gasteiger partial charge in [-0.3, -0.25) is 4.90 Å². The maximum absolute atomic E-state index is 13.2. The molecule has 0 amide bonds. The second-order valence-electron chi connectivity index (χ2n) is 7.33. The molecule has 4 rings (SSSR count). The molecule has 0 bridgehead atoms. The van der Waals surface area contributed by atoms with E-state index in [-0.39, 0.29) is 16.8 Å². The highest BCUT2D eigenvalue weighted by atomic mass is 32.2. The molecule has 2 aromatic rings. The number of hydrogen-bond donors (Lipinski definition) is 0. The third kappa shape index (κ3) is 4.24. The number of hydrogen-bond acceptors (Lipinski definition) is 5. The van der Waals surface area contributed by atoms with Crippen molar-refractivity contribution in [3.05, 3.63) is 53.8 Å². The fourth-order valence-electron chi connectivity index (χ4n) is 3.74. The lowest BCUT2D eigenvalue weighted by atomic mass is 10.1. The third-order valence-electron chi connectivity index (χ3n) is 5.53. The van der Waals surface area contributed by atoms with E-state index in [9.17, 15) is 12.8 Å². The number of rotatable bonds is 4. The topological polar surface area (TPSA) is 59.1 Å². The van der Waals surface area contributed by atoms with E-state index in [1.807, 2.05) is 0 Å². The molecule has 2 heterocycles. The molecule has 0 radical (unpaired) electrons. The molecule has 29 heavy (non-hydrogen) atoms. The van der Waals surface area contributed by atoms with Crippen molar-refractivity contribution < 1.29 is 22.3 Å². The molecule has 2 aliphatic rings. The summed E-state index contributed by atoms with van der Waals surface area (Å²) < 4.78 is 52.1. The Hall–Kier alpha value is -2.16. The van der Waals surface area contributed by atoms with Gasteiger partial charge < -0.3 is 9.47 Å². The minimum absolute atomic E-state index is 0.0958. The van der Waals surface area contributed by atoms with E-state index < -0.39 is 10.0 Å². The Bertz CT molecular complexity index is 957. The number of ether oxygens (including phenoxy) is 2. The summed E-state index contributed by atoms with van der Waals surface area (Å²) in [5, 5.41) is 0. The first-order chi connectivity index (χ1) is 13.9. The first-order valence-electron chi connectivity index (χ1n) is 9.84. The SMILES string of the molecule is C[C@@H](c1ccc(F)cc1)N1CCN(S(=O)(=O)c2ccc3c(c2)OCCCO3)CC1. The number of fused-ring (bicyclic) bond motifs is 1. The van der Waals surface area contributed by atoms with Crippen LogP contribution in [0.5, 0.6) is 11.5 Å². The molecule has 2 aromatic carbocycles. The molecule has 156 valence electrons. The second-order valence-corrected chi connectivity index (χ2v) is 9.26. The van der Waals surface area contributed by atoms with Gasteiger partial charge in [0.05, 0.1) is 18.1 Å². The number of sulfonamides is 1. The molecule has 0 spiro atoms. The highest BCUT2D eigenvalue weighted by Gasteiger charge is 2.31. The van der Waals surface area contributed by atoms with Crippen LogP contribution < -0.4 is 9.47 Å². The van der Waals surface area contributed by atoms with Gasteiger partial charge >= 0.3 is 0 Å². The van der Waals surface area contributed by atoms with Crippen LogP contribution in [-0.4, -0.2) is 57.0 Å². The molecule has 0 N–H and O–H groups in total. The first kappa shape index (κ1) is 20.1.